The largest absolute Gasteiger partial charge is 0.367 e. The number of rotatable bonds is 5. The van der Waals surface area contributed by atoms with Gasteiger partial charge in [0.1, 0.15) is 5.60 Å². The first-order valence-electron chi connectivity index (χ1n) is 6.88. The monoisotopic (exact) mass is 299 g/mol. The van der Waals surface area contributed by atoms with Crippen LogP contribution in [0.3, 0.4) is 0 Å². The van der Waals surface area contributed by atoms with E-state index in [1.54, 1.807) is 19.3 Å². The van der Waals surface area contributed by atoms with E-state index in [1.165, 1.54) is 0 Å². The van der Waals surface area contributed by atoms with Crippen molar-refractivity contribution >= 4 is 10.0 Å². The van der Waals surface area contributed by atoms with E-state index in [-0.39, 0.29) is 12.3 Å². The summed E-state index contributed by atoms with van der Waals surface area (Å²) in [5.41, 5.74) is 0.324. The minimum absolute atomic E-state index is 0.0673. The predicted molar refractivity (Wildman–Crippen MR) is 75.5 cm³/mol. The second-order valence-electron chi connectivity index (χ2n) is 5.18. The summed E-state index contributed by atoms with van der Waals surface area (Å²) in [4.78, 5) is 8.66. The minimum Gasteiger partial charge on any atom is -0.367 e. The first kappa shape index (κ1) is 15.3. The van der Waals surface area contributed by atoms with Crippen LogP contribution in [0.1, 0.15) is 44.5 Å². The third-order valence-electron chi connectivity index (χ3n) is 3.52. The van der Waals surface area contributed by atoms with Gasteiger partial charge in [0.25, 0.3) is 0 Å². The maximum absolute atomic E-state index is 11.4. The molecule has 6 nitrogen and oxygen atoms in total. The molecule has 1 saturated heterocycles. The van der Waals surface area contributed by atoms with Gasteiger partial charge in [-0.2, -0.15) is 0 Å². The average Bonchev–Trinajstić information content (AvgIpc) is 2.47. The van der Waals surface area contributed by atoms with Gasteiger partial charge in [-0.3, -0.25) is 0 Å². The number of nitrogens with one attached hydrogen (secondary N) is 1. The van der Waals surface area contributed by atoms with Gasteiger partial charge in [-0.05, 0) is 33.1 Å². The van der Waals surface area contributed by atoms with Crippen molar-refractivity contribution in [3.05, 3.63) is 23.8 Å². The van der Waals surface area contributed by atoms with Crippen molar-refractivity contribution < 1.29 is 13.2 Å². The van der Waals surface area contributed by atoms with E-state index in [4.69, 9.17) is 4.74 Å². The molecule has 1 N–H and O–H groups in total. The van der Waals surface area contributed by atoms with E-state index in [0.717, 1.165) is 31.4 Å². The van der Waals surface area contributed by atoms with E-state index in [1.807, 2.05) is 6.92 Å². The Bertz CT molecular complexity index is 536. The standard InChI is InChI=1S/C13H21N3O3S/c1-3-20(17,18)16-10-11-8-14-12(15-9-11)13(2)6-4-5-7-19-13/h8-9,16H,3-7,10H2,1-2H3. The minimum atomic E-state index is -3.19. The van der Waals surface area contributed by atoms with Gasteiger partial charge < -0.3 is 4.74 Å². The van der Waals surface area contributed by atoms with Gasteiger partial charge in [-0.15, -0.1) is 0 Å². The maximum atomic E-state index is 11.4. The lowest BCUT2D eigenvalue weighted by Crippen LogP contribution is -2.32. The molecule has 1 unspecified atom stereocenters. The van der Waals surface area contributed by atoms with Gasteiger partial charge in [0.05, 0.1) is 5.75 Å². The van der Waals surface area contributed by atoms with Crippen LogP contribution in [0.15, 0.2) is 12.4 Å². The number of hydrogen-bond acceptors (Lipinski definition) is 5. The number of hydrogen-bond donors (Lipinski definition) is 1. The second kappa shape index (κ2) is 6.15. The molecule has 2 rings (SSSR count). The highest BCUT2D eigenvalue weighted by Gasteiger charge is 2.32. The molecule has 1 aliphatic heterocycles. The molecule has 20 heavy (non-hydrogen) atoms. The van der Waals surface area contributed by atoms with E-state index >= 15 is 0 Å². The van der Waals surface area contributed by atoms with Crippen molar-refractivity contribution in [2.24, 2.45) is 0 Å². The van der Waals surface area contributed by atoms with Crippen LogP contribution in [0.25, 0.3) is 0 Å². The SMILES string of the molecule is CCS(=O)(=O)NCc1cnc(C2(C)CCCCO2)nc1. The molecule has 0 saturated carbocycles. The molecule has 0 aliphatic carbocycles. The average molecular weight is 299 g/mol. The second-order valence-corrected chi connectivity index (χ2v) is 7.27. The Balaban J connectivity index is 2.03. The zero-order valence-electron chi connectivity index (χ0n) is 11.9. The van der Waals surface area contributed by atoms with Crippen molar-refractivity contribution in [3.63, 3.8) is 0 Å². The lowest BCUT2D eigenvalue weighted by molar-refractivity contribution is -0.0760. The summed E-state index contributed by atoms with van der Waals surface area (Å²) in [7, 11) is -3.19. The zero-order chi connectivity index (χ0) is 14.6. The first-order chi connectivity index (χ1) is 9.45. The third kappa shape index (κ3) is 3.74. The van der Waals surface area contributed by atoms with E-state index in [2.05, 4.69) is 14.7 Å². The van der Waals surface area contributed by atoms with Crippen LogP contribution < -0.4 is 4.72 Å². The van der Waals surface area contributed by atoms with Crippen LogP contribution in [-0.4, -0.2) is 30.7 Å². The molecule has 1 aromatic rings. The van der Waals surface area contributed by atoms with E-state index in [9.17, 15) is 8.42 Å². The predicted octanol–water partition coefficient (Wildman–Crippen LogP) is 1.33. The Kier molecular flexibility index (Phi) is 4.72. The van der Waals surface area contributed by atoms with Crippen molar-refractivity contribution in [3.8, 4) is 0 Å². The molecule has 0 amide bonds. The lowest BCUT2D eigenvalue weighted by Gasteiger charge is -2.32. The zero-order valence-corrected chi connectivity index (χ0v) is 12.7. The van der Waals surface area contributed by atoms with Crippen molar-refractivity contribution in [2.75, 3.05) is 12.4 Å². The van der Waals surface area contributed by atoms with Crippen molar-refractivity contribution in [1.82, 2.24) is 14.7 Å². The highest BCUT2D eigenvalue weighted by Crippen LogP contribution is 2.32. The topological polar surface area (TPSA) is 81.2 Å². The quantitative estimate of drug-likeness (QED) is 0.887. The fourth-order valence-electron chi connectivity index (χ4n) is 2.12. The van der Waals surface area contributed by atoms with Crippen LogP contribution in [0.5, 0.6) is 0 Å². The molecule has 1 fully saturated rings. The molecular weight excluding hydrogens is 278 g/mol. The summed E-state index contributed by atoms with van der Waals surface area (Å²) < 4.78 is 31.0. The van der Waals surface area contributed by atoms with Gasteiger partial charge in [0.2, 0.25) is 10.0 Å². The van der Waals surface area contributed by atoms with Crippen LogP contribution in [0, 0.1) is 0 Å². The fraction of sp³-hybridized carbons (Fsp3) is 0.692. The molecule has 112 valence electrons. The molecule has 1 atom stereocenters. The van der Waals surface area contributed by atoms with Crippen LogP contribution in [0.2, 0.25) is 0 Å². The molecular formula is C13H21N3O3S. The summed E-state index contributed by atoms with van der Waals surface area (Å²) in [5.74, 6) is 0.733. The van der Waals surface area contributed by atoms with Crippen LogP contribution in [-0.2, 0) is 26.9 Å². The van der Waals surface area contributed by atoms with E-state index < -0.39 is 15.6 Å². The van der Waals surface area contributed by atoms with Gasteiger partial charge in [-0.1, -0.05) is 0 Å². The van der Waals surface area contributed by atoms with Crippen LogP contribution in [0.4, 0.5) is 0 Å². The van der Waals surface area contributed by atoms with Gasteiger partial charge in [0.15, 0.2) is 5.82 Å². The number of sulfonamides is 1. The molecule has 2 heterocycles. The van der Waals surface area contributed by atoms with Crippen LogP contribution >= 0.6 is 0 Å². The highest BCUT2D eigenvalue weighted by atomic mass is 32.2. The Morgan fingerprint density at radius 2 is 2.05 bits per heavy atom. The number of nitrogens with zero attached hydrogens (tertiary/aromatic N) is 2. The molecule has 1 aliphatic rings. The first-order valence-corrected chi connectivity index (χ1v) is 8.53. The normalized spacial score (nSPS) is 23.7. The molecule has 0 spiro atoms. The van der Waals surface area contributed by atoms with Crippen molar-refractivity contribution in [2.45, 2.75) is 45.3 Å². The molecule has 0 radical (unpaired) electrons. The maximum Gasteiger partial charge on any atom is 0.211 e. The fourth-order valence-corrected chi connectivity index (χ4v) is 2.72. The summed E-state index contributed by atoms with van der Waals surface area (Å²) in [6.07, 6.45) is 6.41. The van der Waals surface area contributed by atoms with Gasteiger partial charge >= 0.3 is 0 Å². The third-order valence-corrected chi connectivity index (χ3v) is 4.87. The van der Waals surface area contributed by atoms with E-state index in [0.29, 0.717) is 5.82 Å². The van der Waals surface area contributed by atoms with Crippen molar-refractivity contribution in [1.29, 1.82) is 0 Å². The van der Waals surface area contributed by atoms with Gasteiger partial charge in [-0.25, -0.2) is 23.1 Å². The molecule has 0 bridgehead atoms. The summed E-state index contributed by atoms with van der Waals surface area (Å²) in [6, 6.07) is 0. The summed E-state index contributed by atoms with van der Waals surface area (Å²) >= 11 is 0. The number of ether oxygens (including phenoxy) is 1. The lowest BCUT2D eigenvalue weighted by atomic mass is 9.95. The Morgan fingerprint density at radius 1 is 1.35 bits per heavy atom. The Labute approximate surface area is 120 Å². The summed E-state index contributed by atoms with van der Waals surface area (Å²) in [5, 5.41) is 0. The molecule has 1 aromatic heterocycles. The number of aromatic nitrogens is 2. The highest BCUT2D eigenvalue weighted by molar-refractivity contribution is 7.89. The Hall–Kier alpha value is -1.05. The molecule has 0 aromatic carbocycles. The smallest absolute Gasteiger partial charge is 0.211 e. The van der Waals surface area contributed by atoms with Gasteiger partial charge in [0, 0.05) is 31.1 Å². The Morgan fingerprint density at radius 3 is 2.60 bits per heavy atom. The summed E-state index contributed by atoms with van der Waals surface area (Å²) in [6.45, 7) is 4.55. The molecule has 7 heteroatoms.